The number of nitrogens with one attached hydrogen (secondary N) is 1. The van der Waals surface area contributed by atoms with Gasteiger partial charge in [0.2, 0.25) is 5.91 Å². The highest BCUT2D eigenvalue weighted by atomic mass is 32.2. The molecule has 2 aromatic carbocycles. The van der Waals surface area contributed by atoms with Crippen molar-refractivity contribution in [2.24, 2.45) is 0 Å². The molecular formula is C20H24N2OS. The molecule has 24 heavy (non-hydrogen) atoms. The first-order valence-corrected chi connectivity index (χ1v) is 9.58. The lowest BCUT2D eigenvalue weighted by molar-refractivity contribution is -0.120. The van der Waals surface area contributed by atoms with Gasteiger partial charge in [-0.15, -0.1) is 11.8 Å². The molecule has 1 fully saturated rings. The molecule has 1 amide bonds. The number of para-hydroxylation sites is 1. The molecule has 1 N–H and O–H groups in total. The summed E-state index contributed by atoms with van der Waals surface area (Å²) in [5.41, 5.74) is 1.26. The topological polar surface area (TPSA) is 32.3 Å². The molecule has 0 aromatic heterocycles. The van der Waals surface area contributed by atoms with E-state index in [0.29, 0.717) is 12.5 Å². The number of benzene rings is 2. The fourth-order valence-corrected chi connectivity index (χ4v) is 3.98. The zero-order valence-corrected chi connectivity index (χ0v) is 14.7. The van der Waals surface area contributed by atoms with Crippen molar-refractivity contribution in [3.63, 3.8) is 0 Å². The molecule has 0 radical (unpaired) electrons. The van der Waals surface area contributed by atoms with Crippen LogP contribution in [0.15, 0.2) is 65.6 Å². The standard InChI is InChI=1S/C20H24N2OS/c23-20(13-15-24-19-11-5-2-6-12-19)21-16-18-10-7-14-22(18)17-8-3-1-4-9-17/h1-6,8-9,11-12,18H,7,10,13-16H2,(H,21,23)/t18-/m0/s1. The zero-order valence-electron chi connectivity index (χ0n) is 13.9. The summed E-state index contributed by atoms with van der Waals surface area (Å²) < 4.78 is 0. The molecule has 126 valence electrons. The second kappa shape index (κ2) is 8.78. The van der Waals surface area contributed by atoms with Crippen molar-refractivity contribution in [2.75, 3.05) is 23.7 Å². The summed E-state index contributed by atoms with van der Waals surface area (Å²) in [6, 6.07) is 21.1. The summed E-state index contributed by atoms with van der Waals surface area (Å²) >= 11 is 1.73. The quantitative estimate of drug-likeness (QED) is 0.775. The Labute approximate surface area is 148 Å². The Morgan fingerprint density at radius 1 is 1.08 bits per heavy atom. The van der Waals surface area contributed by atoms with Crippen LogP contribution >= 0.6 is 11.8 Å². The molecule has 1 atom stereocenters. The van der Waals surface area contributed by atoms with Crippen molar-refractivity contribution in [3.8, 4) is 0 Å². The van der Waals surface area contributed by atoms with E-state index in [9.17, 15) is 4.79 Å². The second-order valence-corrected chi connectivity index (χ2v) is 7.21. The molecule has 0 spiro atoms. The van der Waals surface area contributed by atoms with Crippen molar-refractivity contribution in [2.45, 2.75) is 30.2 Å². The maximum absolute atomic E-state index is 12.1. The van der Waals surface area contributed by atoms with Gasteiger partial charge in [-0.25, -0.2) is 0 Å². The molecule has 0 aliphatic carbocycles. The van der Waals surface area contributed by atoms with Gasteiger partial charge in [0.25, 0.3) is 0 Å². The third-order valence-electron chi connectivity index (χ3n) is 4.34. The maximum atomic E-state index is 12.1. The summed E-state index contributed by atoms with van der Waals surface area (Å²) in [6.07, 6.45) is 2.91. The number of thioether (sulfide) groups is 1. The first-order valence-electron chi connectivity index (χ1n) is 8.59. The van der Waals surface area contributed by atoms with Crippen LogP contribution in [0.1, 0.15) is 19.3 Å². The number of rotatable bonds is 7. The predicted molar refractivity (Wildman–Crippen MR) is 102 cm³/mol. The van der Waals surface area contributed by atoms with Gasteiger partial charge < -0.3 is 10.2 Å². The lowest BCUT2D eigenvalue weighted by atomic mass is 10.2. The van der Waals surface area contributed by atoms with Gasteiger partial charge in [-0.2, -0.15) is 0 Å². The number of anilines is 1. The second-order valence-electron chi connectivity index (χ2n) is 6.04. The van der Waals surface area contributed by atoms with Gasteiger partial charge in [0, 0.05) is 41.9 Å². The minimum atomic E-state index is 0.151. The maximum Gasteiger partial charge on any atom is 0.220 e. The summed E-state index contributed by atoms with van der Waals surface area (Å²) in [5.74, 6) is 0.974. The van der Waals surface area contributed by atoms with Gasteiger partial charge in [-0.1, -0.05) is 36.4 Å². The Balaban J connectivity index is 1.41. The van der Waals surface area contributed by atoms with Gasteiger partial charge in [0.1, 0.15) is 0 Å². The fraction of sp³-hybridized carbons (Fsp3) is 0.350. The molecule has 0 unspecified atom stereocenters. The van der Waals surface area contributed by atoms with E-state index in [1.807, 2.05) is 24.3 Å². The molecule has 4 heteroatoms. The average Bonchev–Trinajstić information content (AvgIpc) is 3.10. The molecule has 0 saturated carbocycles. The first kappa shape index (κ1) is 16.9. The molecule has 1 heterocycles. The highest BCUT2D eigenvalue weighted by Crippen LogP contribution is 2.24. The third kappa shape index (κ3) is 4.78. The zero-order chi connectivity index (χ0) is 16.6. The highest BCUT2D eigenvalue weighted by molar-refractivity contribution is 7.99. The van der Waals surface area contributed by atoms with E-state index in [0.717, 1.165) is 25.3 Å². The first-order chi connectivity index (χ1) is 11.8. The number of nitrogens with zero attached hydrogens (tertiary/aromatic N) is 1. The fourth-order valence-electron chi connectivity index (χ4n) is 3.11. The molecule has 3 rings (SSSR count). The predicted octanol–water partition coefficient (Wildman–Crippen LogP) is 3.95. The van der Waals surface area contributed by atoms with Crippen molar-refractivity contribution >= 4 is 23.4 Å². The molecule has 3 nitrogen and oxygen atoms in total. The normalized spacial score (nSPS) is 17.0. The van der Waals surface area contributed by atoms with Crippen molar-refractivity contribution in [1.82, 2.24) is 5.32 Å². The SMILES string of the molecule is O=C(CCSc1ccccc1)NC[C@@H]1CCCN1c1ccccc1. The number of hydrogen-bond donors (Lipinski definition) is 1. The van der Waals surface area contributed by atoms with Crippen LogP contribution in [0.2, 0.25) is 0 Å². The van der Waals surface area contributed by atoms with E-state index >= 15 is 0 Å². The average molecular weight is 340 g/mol. The number of carbonyl (C=O) groups is 1. The largest absolute Gasteiger partial charge is 0.367 e. The molecule has 0 bridgehead atoms. The van der Waals surface area contributed by atoms with Crippen LogP contribution in [0, 0.1) is 0 Å². The molecular weight excluding hydrogens is 316 g/mol. The minimum absolute atomic E-state index is 0.151. The summed E-state index contributed by atoms with van der Waals surface area (Å²) in [7, 11) is 0. The monoisotopic (exact) mass is 340 g/mol. The molecule has 1 saturated heterocycles. The van der Waals surface area contributed by atoms with E-state index < -0.39 is 0 Å². The Kier molecular flexibility index (Phi) is 6.19. The van der Waals surface area contributed by atoms with Gasteiger partial charge in [-0.05, 0) is 37.1 Å². The smallest absolute Gasteiger partial charge is 0.220 e. The van der Waals surface area contributed by atoms with Gasteiger partial charge >= 0.3 is 0 Å². The Hall–Kier alpha value is -1.94. The molecule has 1 aliphatic heterocycles. The number of hydrogen-bond acceptors (Lipinski definition) is 3. The Morgan fingerprint density at radius 2 is 1.79 bits per heavy atom. The lowest BCUT2D eigenvalue weighted by Gasteiger charge is -2.27. The highest BCUT2D eigenvalue weighted by Gasteiger charge is 2.24. The van der Waals surface area contributed by atoms with E-state index in [4.69, 9.17) is 0 Å². The Morgan fingerprint density at radius 3 is 2.54 bits per heavy atom. The van der Waals surface area contributed by atoms with Crippen LogP contribution in [0.3, 0.4) is 0 Å². The van der Waals surface area contributed by atoms with Crippen LogP contribution in [0.4, 0.5) is 5.69 Å². The van der Waals surface area contributed by atoms with Crippen molar-refractivity contribution < 1.29 is 4.79 Å². The van der Waals surface area contributed by atoms with Crippen molar-refractivity contribution in [1.29, 1.82) is 0 Å². The molecule has 1 aliphatic rings. The summed E-state index contributed by atoms with van der Waals surface area (Å²) in [5, 5.41) is 3.12. The Bertz CT molecular complexity index is 633. The van der Waals surface area contributed by atoms with E-state index in [1.54, 1.807) is 11.8 Å². The van der Waals surface area contributed by atoms with Crippen LogP contribution in [-0.2, 0) is 4.79 Å². The van der Waals surface area contributed by atoms with Crippen LogP contribution < -0.4 is 10.2 Å². The van der Waals surface area contributed by atoms with E-state index in [-0.39, 0.29) is 5.91 Å². The lowest BCUT2D eigenvalue weighted by Crippen LogP contribution is -2.40. The van der Waals surface area contributed by atoms with Gasteiger partial charge in [0.15, 0.2) is 0 Å². The van der Waals surface area contributed by atoms with Crippen LogP contribution in [0.25, 0.3) is 0 Å². The van der Waals surface area contributed by atoms with E-state index in [2.05, 4.69) is 46.6 Å². The van der Waals surface area contributed by atoms with E-state index in [1.165, 1.54) is 17.0 Å². The van der Waals surface area contributed by atoms with Crippen LogP contribution in [-0.4, -0.2) is 30.8 Å². The number of amides is 1. The summed E-state index contributed by atoms with van der Waals surface area (Å²) in [4.78, 5) is 15.7. The van der Waals surface area contributed by atoms with Gasteiger partial charge in [0.05, 0.1) is 0 Å². The minimum Gasteiger partial charge on any atom is -0.367 e. The summed E-state index contributed by atoms with van der Waals surface area (Å²) in [6.45, 7) is 1.82. The van der Waals surface area contributed by atoms with Crippen molar-refractivity contribution in [3.05, 3.63) is 60.7 Å². The van der Waals surface area contributed by atoms with Gasteiger partial charge in [-0.3, -0.25) is 4.79 Å². The van der Waals surface area contributed by atoms with Crippen LogP contribution in [0.5, 0.6) is 0 Å². The third-order valence-corrected chi connectivity index (χ3v) is 5.35. The molecule has 2 aromatic rings. The number of carbonyl (C=O) groups excluding carboxylic acids is 1.